The van der Waals surface area contributed by atoms with Gasteiger partial charge in [-0.3, -0.25) is 9.78 Å². The number of nitriles is 1. The Morgan fingerprint density at radius 3 is 2.93 bits per heavy atom. The molecule has 0 spiro atoms. The van der Waals surface area contributed by atoms with Crippen molar-refractivity contribution in [2.24, 2.45) is 0 Å². The molecule has 0 saturated carbocycles. The zero-order valence-electron chi connectivity index (χ0n) is 8.73. The summed E-state index contributed by atoms with van der Waals surface area (Å²) >= 11 is 0. The molecule has 0 radical (unpaired) electrons. The Bertz CT molecular complexity index is 396. The predicted molar refractivity (Wildman–Crippen MR) is 54.0 cm³/mol. The molecule has 0 aliphatic carbocycles. The van der Waals surface area contributed by atoms with Crippen molar-refractivity contribution in [1.29, 1.82) is 5.26 Å². The highest BCUT2D eigenvalue weighted by Crippen LogP contribution is 2.14. The number of hydrogen-bond donors (Lipinski definition) is 0. The largest absolute Gasteiger partial charge is 0.465 e. The Labute approximate surface area is 88.5 Å². The zero-order valence-corrected chi connectivity index (χ0v) is 8.73. The molecule has 0 aromatic carbocycles. The SMILES string of the molecule is CCOC(=O)C(C#N)c1cccc(C)n1. The molecule has 0 saturated heterocycles. The maximum atomic E-state index is 11.4. The molecular formula is C11H12N2O2. The first-order chi connectivity index (χ1) is 7.19. The average Bonchev–Trinajstić information content (AvgIpc) is 2.19. The molecular weight excluding hydrogens is 192 g/mol. The van der Waals surface area contributed by atoms with E-state index in [0.717, 1.165) is 5.69 Å². The summed E-state index contributed by atoms with van der Waals surface area (Å²) in [5.74, 6) is -1.47. The van der Waals surface area contributed by atoms with Crippen LogP contribution < -0.4 is 0 Å². The van der Waals surface area contributed by atoms with Crippen LogP contribution in [0.25, 0.3) is 0 Å². The first kappa shape index (κ1) is 11.2. The Kier molecular flexibility index (Phi) is 3.81. The van der Waals surface area contributed by atoms with Crippen LogP contribution in [-0.4, -0.2) is 17.6 Å². The molecule has 0 N–H and O–H groups in total. The molecule has 0 aliphatic rings. The van der Waals surface area contributed by atoms with Crippen molar-refractivity contribution < 1.29 is 9.53 Å². The van der Waals surface area contributed by atoms with E-state index >= 15 is 0 Å². The van der Waals surface area contributed by atoms with E-state index in [1.54, 1.807) is 19.1 Å². The third-order valence-electron chi connectivity index (χ3n) is 1.86. The molecule has 0 bridgehead atoms. The topological polar surface area (TPSA) is 63.0 Å². The summed E-state index contributed by atoms with van der Waals surface area (Å²) in [4.78, 5) is 15.5. The predicted octanol–water partition coefficient (Wildman–Crippen LogP) is 1.56. The lowest BCUT2D eigenvalue weighted by molar-refractivity contribution is -0.143. The number of carbonyl (C=O) groups is 1. The normalized spacial score (nSPS) is 11.5. The van der Waals surface area contributed by atoms with Gasteiger partial charge in [-0.25, -0.2) is 0 Å². The molecule has 1 atom stereocenters. The smallest absolute Gasteiger partial charge is 0.329 e. The van der Waals surface area contributed by atoms with Crippen LogP contribution in [0.1, 0.15) is 24.2 Å². The summed E-state index contributed by atoms with van der Waals surface area (Å²) < 4.78 is 4.79. The van der Waals surface area contributed by atoms with Crippen molar-refractivity contribution in [2.75, 3.05) is 6.61 Å². The summed E-state index contributed by atoms with van der Waals surface area (Å²) in [6.45, 7) is 3.78. The molecule has 0 fully saturated rings. The summed E-state index contributed by atoms with van der Waals surface area (Å²) in [5.41, 5.74) is 1.22. The monoisotopic (exact) mass is 204 g/mol. The number of aromatic nitrogens is 1. The van der Waals surface area contributed by atoms with Crippen molar-refractivity contribution in [3.63, 3.8) is 0 Å². The van der Waals surface area contributed by atoms with Gasteiger partial charge < -0.3 is 4.74 Å². The minimum atomic E-state index is -0.926. The van der Waals surface area contributed by atoms with Crippen LogP contribution >= 0.6 is 0 Å². The van der Waals surface area contributed by atoms with Gasteiger partial charge in [0.2, 0.25) is 0 Å². The maximum Gasteiger partial charge on any atom is 0.329 e. The molecule has 1 unspecified atom stereocenters. The molecule has 78 valence electrons. The molecule has 1 aromatic heterocycles. The van der Waals surface area contributed by atoms with Gasteiger partial charge in [-0.1, -0.05) is 6.07 Å². The van der Waals surface area contributed by atoms with Gasteiger partial charge in [0.1, 0.15) is 0 Å². The van der Waals surface area contributed by atoms with Crippen molar-refractivity contribution >= 4 is 5.97 Å². The fraction of sp³-hybridized carbons (Fsp3) is 0.364. The van der Waals surface area contributed by atoms with E-state index in [2.05, 4.69) is 4.98 Å². The van der Waals surface area contributed by atoms with E-state index in [0.29, 0.717) is 5.69 Å². The van der Waals surface area contributed by atoms with Gasteiger partial charge >= 0.3 is 5.97 Å². The van der Waals surface area contributed by atoms with Crippen molar-refractivity contribution in [2.45, 2.75) is 19.8 Å². The fourth-order valence-electron chi connectivity index (χ4n) is 1.19. The Morgan fingerprint density at radius 1 is 1.67 bits per heavy atom. The summed E-state index contributed by atoms with van der Waals surface area (Å²) in [6.07, 6.45) is 0. The first-order valence-corrected chi connectivity index (χ1v) is 4.68. The molecule has 0 amide bonds. The zero-order chi connectivity index (χ0) is 11.3. The number of aryl methyl sites for hydroxylation is 1. The third-order valence-corrected chi connectivity index (χ3v) is 1.86. The van der Waals surface area contributed by atoms with Crippen LogP contribution in [0.4, 0.5) is 0 Å². The van der Waals surface area contributed by atoms with Gasteiger partial charge in [0.15, 0.2) is 5.92 Å². The Morgan fingerprint density at radius 2 is 2.40 bits per heavy atom. The highest BCUT2D eigenvalue weighted by atomic mass is 16.5. The van der Waals surface area contributed by atoms with E-state index in [1.807, 2.05) is 19.1 Å². The first-order valence-electron chi connectivity index (χ1n) is 4.68. The summed E-state index contributed by atoms with van der Waals surface area (Å²) in [5, 5.41) is 8.88. The van der Waals surface area contributed by atoms with Crippen molar-refractivity contribution in [3.8, 4) is 6.07 Å². The van der Waals surface area contributed by atoms with Gasteiger partial charge in [0.05, 0.1) is 18.4 Å². The highest BCUT2D eigenvalue weighted by molar-refractivity contribution is 5.80. The second kappa shape index (κ2) is 5.11. The fourth-order valence-corrected chi connectivity index (χ4v) is 1.19. The lowest BCUT2D eigenvalue weighted by Gasteiger charge is -2.07. The second-order valence-electron chi connectivity index (χ2n) is 3.02. The lowest BCUT2D eigenvalue weighted by atomic mass is 10.1. The Hall–Kier alpha value is -1.89. The minimum Gasteiger partial charge on any atom is -0.465 e. The molecule has 15 heavy (non-hydrogen) atoms. The van der Waals surface area contributed by atoms with Crippen molar-refractivity contribution in [1.82, 2.24) is 4.98 Å². The molecule has 0 aliphatic heterocycles. The molecule has 1 rings (SSSR count). The van der Waals surface area contributed by atoms with Crippen LogP contribution in [0, 0.1) is 18.3 Å². The molecule has 4 nitrogen and oxygen atoms in total. The van der Waals surface area contributed by atoms with Crippen LogP contribution in [0.2, 0.25) is 0 Å². The molecule has 4 heteroatoms. The number of hydrogen-bond acceptors (Lipinski definition) is 4. The molecule has 1 heterocycles. The van der Waals surface area contributed by atoms with Gasteiger partial charge in [-0.2, -0.15) is 5.26 Å². The summed E-state index contributed by atoms with van der Waals surface area (Å²) in [6, 6.07) is 7.12. The van der Waals surface area contributed by atoms with E-state index in [1.165, 1.54) is 0 Å². The lowest BCUT2D eigenvalue weighted by Crippen LogP contribution is -2.15. The van der Waals surface area contributed by atoms with Crippen LogP contribution in [-0.2, 0) is 9.53 Å². The molecule has 1 aromatic rings. The van der Waals surface area contributed by atoms with Gasteiger partial charge in [0, 0.05) is 5.69 Å². The maximum absolute atomic E-state index is 11.4. The number of carbonyl (C=O) groups excluding carboxylic acids is 1. The van der Waals surface area contributed by atoms with Crippen LogP contribution in [0.5, 0.6) is 0 Å². The van der Waals surface area contributed by atoms with Crippen molar-refractivity contribution in [3.05, 3.63) is 29.6 Å². The second-order valence-corrected chi connectivity index (χ2v) is 3.02. The van der Waals surface area contributed by atoms with E-state index in [-0.39, 0.29) is 6.61 Å². The minimum absolute atomic E-state index is 0.267. The highest BCUT2D eigenvalue weighted by Gasteiger charge is 2.22. The number of ether oxygens (including phenoxy) is 1. The number of pyridine rings is 1. The standard InChI is InChI=1S/C11H12N2O2/c1-3-15-11(14)9(7-12)10-6-4-5-8(2)13-10/h4-6,9H,3H2,1-2H3. The van der Waals surface area contributed by atoms with E-state index in [4.69, 9.17) is 10.00 Å². The third kappa shape index (κ3) is 2.78. The van der Waals surface area contributed by atoms with Crippen LogP contribution in [0.3, 0.4) is 0 Å². The summed E-state index contributed by atoms with van der Waals surface area (Å²) in [7, 11) is 0. The quantitative estimate of drug-likeness (QED) is 0.701. The van der Waals surface area contributed by atoms with E-state index < -0.39 is 11.9 Å². The number of rotatable bonds is 3. The van der Waals surface area contributed by atoms with E-state index in [9.17, 15) is 4.79 Å². The average molecular weight is 204 g/mol. The van der Waals surface area contributed by atoms with Gasteiger partial charge in [0.25, 0.3) is 0 Å². The van der Waals surface area contributed by atoms with Gasteiger partial charge in [-0.05, 0) is 26.0 Å². The van der Waals surface area contributed by atoms with Crippen LogP contribution in [0.15, 0.2) is 18.2 Å². The van der Waals surface area contributed by atoms with Gasteiger partial charge in [-0.15, -0.1) is 0 Å². The Balaban J connectivity index is 2.93. The number of nitrogens with zero attached hydrogens (tertiary/aromatic N) is 2. The number of esters is 1.